The molecule has 1 aromatic heterocycles. The largest absolute Gasteiger partial charge is 0.384 e. The third-order valence-corrected chi connectivity index (χ3v) is 5.91. The predicted molar refractivity (Wildman–Crippen MR) is 100 cm³/mol. The van der Waals surface area contributed by atoms with E-state index in [9.17, 15) is 4.79 Å². The van der Waals surface area contributed by atoms with E-state index in [4.69, 9.17) is 14.7 Å². The number of ether oxygens (including phenoxy) is 1. The van der Waals surface area contributed by atoms with Crippen molar-refractivity contribution >= 4 is 17.7 Å². The van der Waals surface area contributed by atoms with Gasteiger partial charge >= 0.3 is 0 Å². The van der Waals surface area contributed by atoms with Crippen LogP contribution >= 0.6 is 0 Å². The zero-order valence-corrected chi connectivity index (χ0v) is 15.8. The Morgan fingerprint density at radius 3 is 2.85 bits per heavy atom. The Morgan fingerprint density at radius 1 is 1.27 bits per heavy atom. The standard InChI is InChI=1S/C19H29N5O2/c1-20-18-13-4-3-5-15(13)22-19(23-18)24-10-14(12-6-7-12)16(11-24)21-17(25)8-9-26-2/h12,14,16H,3-11H2,1-2H3,(H,21,25)(H,20,22,23)/t14-,16+/m0/s1. The number of carbonyl (C=O) groups is 1. The van der Waals surface area contributed by atoms with Crippen molar-refractivity contribution in [2.24, 2.45) is 11.8 Å². The number of fused-ring (bicyclic) bond motifs is 1. The van der Waals surface area contributed by atoms with Crippen molar-refractivity contribution in [1.29, 1.82) is 0 Å². The highest BCUT2D eigenvalue weighted by atomic mass is 16.5. The van der Waals surface area contributed by atoms with Gasteiger partial charge in [-0.1, -0.05) is 0 Å². The van der Waals surface area contributed by atoms with E-state index in [0.717, 1.165) is 50.0 Å². The summed E-state index contributed by atoms with van der Waals surface area (Å²) in [4.78, 5) is 24.1. The maximum absolute atomic E-state index is 12.2. The van der Waals surface area contributed by atoms with Gasteiger partial charge in [-0.15, -0.1) is 0 Å². The number of methoxy groups -OCH3 is 1. The lowest BCUT2D eigenvalue weighted by Crippen LogP contribution is -2.41. The zero-order chi connectivity index (χ0) is 18.1. The molecular weight excluding hydrogens is 330 g/mol. The summed E-state index contributed by atoms with van der Waals surface area (Å²) >= 11 is 0. The maximum Gasteiger partial charge on any atom is 0.227 e. The summed E-state index contributed by atoms with van der Waals surface area (Å²) in [6.45, 7) is 2.19. The Bertz CT molecular complexity index is 676. The molecule has 0 radical (unpaired) electrons. The number of aromatic nitrogens is 2. The van der Waals surface area contributed by atoms with Crippen LogP contribution in [0, 0.1) is 11.8 Å². The molecule has 1 saturated heterocycles. The Labute approximate surface area is 154 Å². The summed E-state index contributed by atoms with van der Waals surface area (Å²) in [5, 5.41) is 6.48. The molecule has 1 amide bonds. The number of nitrogens with one attached hydrogen (secondary N) is 2. The number of amides is 1. The highest BCUT2D eigenvalue weighted by Crippen LogP contribution is 2.42. The van der Waals surface area contributed by atoms with Gasteiger partial charge in [0.25, 0.3) is 0 Å². The van der Waals surface area contributed by atoms with Gasteiger partial charge in [0.1, 0.15) is 5.82 Å². The van der Waals surface area contributed by atoms with E-state index < -0.39 is 0 Å². The summed E-state index contributed by atoms with van der Waals surface area (Å²) in [6.07, 6.45) is 6.23. The van der Waals surface area contributed by atoms with Gasteiger partial charge in [0.15, 0.2) is 0 Å². The molecule has 2 atom stereocenters. The van der Waals surface area contributed by atoms with Crippen molar-refractivity contribution in [3.8, 4) is 0 Å². The fourth-order valence-electron chi connectivity index (χ4n) is 4.39. The number of hydrogen-bond acceptors (Lipinski definition) is 6. The summed E-state index contributed by atoms with van der Waals surface area (Å²) in [5.74, 6) is 3.09. The molecule has 0 bridgehead atoms. The predicted octanol–water partition coefficient (Wildman–Crippen LogP) is 1.37. The van der Waals surface area contributed by atoms with E-state index >= 15 is 0 Å². The summed E-state index contributed by atoms with van der Waals surface area (Å²) in [7, 11) is 3.56. The van der Waals surface area contributed by atoms with Crippen LogP contribution in [-0.2, 0) is 22.4 Å². The molecular formula is C19H29N5O2. The van der Waals surface area contributed by atoms with Gasteiger partial charge in [-0.2, -0.15) is 4.98 Å². The topological polar surface area (TPSA) is 79.4 Å². The average molecular weight is 359 g/mol. The second kappa shape index (κ2) is 7.39. The molecule has 0 unspecified atom stereocenters. The number of carbonyl (C=O) groups excluding carboxylic acids is 1. The van der Waals surface area contributed by atoms with Crippen molar-refractivity contribution in [2.75, 3.05) is 44.1 Å². The first-order valence-electron chi connectivity index (χ1n) is 9.80. The van der Waals surface area contributed by atoms with Crippen molar-refractivity contribution in [2.45, 2.75) is 44.6 Å². The third-order valence-electron chi connectivity index (χ3n) is 5.91. The first-order valence-corrected chi connectivity index (χ1v) is 9.80. The van der Waals surface area contributed by atoms with Crippen molar-refractivity contribution < 1.29 is 9.53 Å². The molecule has 0 spiro atoms. The highest BCUT2D eigenvalue weighted by molar-refractivity contribution is 5.76. The monoisotopic (exact) mass is 359 g/mol. The maximum atomic E-state index is 12.2. The van der Waals surface area contributed by atoms with E-state index in [-0.39, 0.29) is 11.9 Å². The fourth-order valence-corrected chi connectivity index (χ4v) is 4.39. The minimum absolute atomic E-state index is 0.0788. The van der Waals surface area contributed by atoms with E-state index in [1.165, 1.54) is 24.1 Å². The molecule has 2 N–H and O–H groups in total. The number of hydrogen-bond donors (Lipinski definition) is 2. The lowest BCUT2D eigenvalue weighted by atomic mass is 9.98. The smallest absolute Gasteiger partial charge is 0.227 e. The van der Waals surface area contributed by atoms with Crippen LogP contribution in [0.25, 0.3) is 0 Å². The molecule has 4 rings (SSSR count). The molecule has 7 heteroatoms. The van der Waals surface area contributed by atoms with Crippen LogP contribution in [0.4, 0.5) is 11.8 Å². The lowest BCUT2D eigenvalue weighted by molar-refractivity contribution is -0.122. The van der Waals surface area contributed by atoms with Gasteiger partial charge in [0.05, 0.1) is 18.3 Å². The van der Waals surface area contributed by atoms with Gasteiger partial charge in [0.2, 0.25) is 11.9 Å². The van der Waals surface area contributed by atoms with Crippen LogP contribution in [0.15, 0.2) is 0 Å². The van der Waals surface area contributed by atoms with Gasteiger partial charge in [-0.05, 0) is 38.0 Å². The van der Waals surface area contributed by atoms with Crippen LogP contribution in [0.3, 0.4) is 0 Å². The Hall–Kier alpha value is -1.89. The van der Waals surface area contributed by atoms with Crippen molar-refractivity contribution in [3.05, 3.63) is 11.3 Å². The first kappa shape index (κ1) is 17.5. The van der Waals surface area contributed by atoms with E-state index in [1.807, 2.05) is 7.05 Å². The van der Waals surface area contributed by atoms with Gasteiger partial charge in [-0.25, -0.2) is 4.98 Å². The molecule has 142 valence electrons. The van der Waals surface area contributed by atoms with Crippen molar-refractivity contribution in [1.82, 2.24) is 15.3 Å². The SMILES string of the molecule is CNc1nc(N2C[C@@H](NC(=O)CCOC)[C@H](C3CC3)C2)nc2c1CCC2. The van der Waals surface area contributed by atoms with Crippen LogP contribution in [-0.4, -0.2) is 55.8 Å². The number of anilines is 2. The molecule has 1 aliphatic heterocycles. The highest BCUT2D eigenvalue weighted by Gasteiger charge is 2.44. The lowest BCUT2D eigenvalue weighted by Gasteiger charge is -2.19. The normalized spacial score (nSPS) is 24.6. The fraction of sp³-hybridized carbons (Fsp3) is 0.737. The second-order valence-electron chi connectivity index (χ2n) is 7.72. The first-order chi connectivity index (χ1) is 12.7. The quantitative estimate of drug-likeness (QED) is 0.766. The number of aryl methyl sites for hydroxylation is 1. The number of nitrogens with zero attached hydrogens (tertiary/aromatic N) is 3. The average Bonchev–Trinajstić information content (AvgIpc) is 3.23. The van der Waals surface area contributed by atoms with Crippen molar-refractivity contribution in [3.63, 3.8) is 0 Å². The Morgan fingerprint density at radius 2 is 2.12 bits per heavy atom. The summed E-state index contributed by atoms with van der Waals surface area (Å²) in [5.41, 5.74) is 2.47. The Kier molecular flexibility index (Phi) is 4.98. The van der Waals surface area contributed by atoms with Gasteiger partial charge in [0, 0.05) is 45.1 Å². The minimum atomic E-state index is 0.0788. The minimum Gasteiger partial charge on any atom is -0.384 e. The van der Waals surface area contributed by atoms with Crippen LogP contribution in [0.5, 0.6) is 0 Å². The Balaban J connectivity index is 1.50. The molecule has 3 aliphatic rings. The van der Waals surface area contributed by atoms with Gasteiger partial charge < -0.3 is 20.3 Å². The molecule has 2 fully saturated rings. The van der Waals surface area contributed by atoms with Crippen LogP contribution < -0.4 is 15.5 Å². The zero-order valence-electron chi connectivity index (χ0n) is 15.8. The molecule has 2 heterocycles. The van der Waals surface area contributed by atoms with E-state index in [2.05, 4.69) is 15.5 Å². The van der Waals surface area contributed by atoms with Gasteiger partial charge in [-0.3, -0.25) is 4.79 Å². The molecule has 1 aromatic rings. The van der Waals surface area contributed by atoms with E-state index in [0.29, 0.717) is 18.9 Å². The van der Waals surface area contributed by atoms with Crippen LogP contribution in [0.1, 0.15) is 36.9 Å². The number of rotatable bonds is 7. The summed E-state index contributed by atoms with van der Waals surface area (Å²) < 4.78 is 5.02. The third kappa shape index (κ3) is 3.49. The second-order valence-corrected chi connectivity index (χ2v) is 7.72. The molecule has 1 saturated carbocycles. The van der Waals surface area contributed by atoms with Crippen LogP contribution in [0.2, 0.25) is 0 Å². The molecule has 26 heavy (non-hydrogen) atoms. The molecule has 2 aliphatic carbocycles. The van der Waals surface area contributed by atoms with E-state index in [1.54, 1.807) is 7.11 Å². The molecule has 0 aromatic carbocycles. The molecule has 7 nitrogen and oxygen atoms in total. The summed E-state index contributed by atoms with van der Waals surface area (Å²) in [6, 6.07) is 0.182.